The average molecular weight is 529 g/mol. The van der Waals surface area contributed by atoms with E-state index in [1.165, 1.54) is 5.56 Å². The average Bonchev–Trinajstić information content (AvgIpc) is 3.68. The van der Waals surface area contributed by atoms with E-state index in [0.29, 0.717) is 28.0 Å². The number of nitrogens with one attached hydrogen (secondary N) is 1. The normalized spacial score (nSPS) is 12.7. The molecular weight excluding hydrogens is 500 g/mol. The molecule has 0 radical (unpaired) electrons. The maximum absolute atomic E-state index is 13.3. The van der Waals surface area contributed by atoms with Crippen molar-refractivity contribution in [1.29, 1.82) is 0 Å². The number of aryl methyl sites for hydroxylation is 2. The molecule has 5 rings (SSSR count). The Morgan fingerprint density at radius 1 is 1.05 bits per heavy atom. The number of halogens is 1. The Bertz CT molecular complexity index is 1490. The molecule has 7 nitrogen and oxygen atoms in total. The van der Waals surface area contributed by atoms with Crippen LogP contribution in [-0.4, -0.2) is 46.0 Å². The zero-order valence-corrected chi connectivity index (χ0v) is 22.3. The molecular formula is C30H29ClN4O3. The quantitative estimate of drug-likeness (QED) is 0.301. The summed E-state index contributed by atoms with van der Waals surface area (Å²) in [5, 5.41) is 3.59. The van der Waals surface area contributed by atoms with Gasteiger partial charge in [0.1, 0.15) is 12.3 Å². The number of hydrogen-bond acceptors (Lipinski definition) is 4. The Hall–Kier alpha value is -4.10. The van der Waals surface area contributed by atoms with Crippen molar-refractivity contribution >= 4 is 29.4 Å². The number of methoxy groups -OCH3 is 1. The zero-order chi connectivity index (χ0) is 26.8. The van der Waals surface area contributed by atoms with E-state index in [4.69, 9.17) is 21.3 Å². The van der Waals surface area contributed by atoms with Gasteiger partial charge in [-0.1, -0.05) is 35.9 Å². The van der Waals surface area contributed by atoms with Gasteiger partial charge in [-0.15, -0.1) is 0 Å². The third-order valence-electron chi connectivity index (χ3n) is 6.74. The van der Waals surface area contributed by atoms with Crippen LogP contribution in [0.5, 0.6) is 5.75 Å². The number of amides is 2. The van der Waals surface area contributed by atoms with Crippen molar-refractivity contribution in [3.63, 3.8) is 0 Å². The number of nitrogens with zero attached hydrogens (tertiary/aromatic N) is 3. The predicted octanol–water partition coefficient (Wildman–Crippen LogP) is 6.06. The summed E-state index contributed by atoms with van der Waals surface area (Å²) < 4.78 is 7.13. The minimum absolute atomic E-state index is 0.0450. The molecule has 0 bridgehead atoms. The van der Waals surface area contributed by atoms with Crippen molar-refractivity contribution in [3.8, 4) is 22.7 Å². The summed E-state index contributed by atoms with van der Waals surface area (Å²) >= 11 is 6.08. The van der Waals surface area contributed by atoms with E-state index in [-0.39, 0.29) is 24.4 Å². The molecule has 0 aliphatic heterocycles. The molecule has 1 heterocycles. The van der Waals surface area contributed by atoms with E-state index in [9.17, 15) is 9.59 Å². The first kappa shape index (κ1) is 25.5. The van der Waals surface area contributed by atoms with Gasteiger partial charge in [-0.25, -0.2) is 4.98 Å². The molecule has 8 heteroatoms. The summed E-state index contributed by atoms with van der Waals surface area (Å²) in [6, 6.07) is 20.5. The highest BCUT2D eigenvalue weighted by Gasteiger charge is 2.34. The van der Waals surface area contributed by atoms with E-state index < -0.39 is 0 Å². The van der Waals surface area contributed by atoms with Gasteiger partial charge in [0.15, 0.2) is 0 Å². The second-order valence-corrected chi connectivity index (χ2v) is 9.98. The lowest BCUT2D eigenvalue weighted by Gasteiger charge is -2.22. The smallest absolute Gasteiger partial charge is 0.254 e. The third-order valence-corrected chi connectivity index (χ3v) is 7.00. The number of imidazole rings is 1. The van der Waals surface area contributed by atoms with Gasteiger partial charge in [-0.3, -0.25) is 19.5 Å². The molecule has 1 fully saturated rings. The van der Waals surface area contributed by atoms with Gasteiger partial charge in [0.05, 0.1) is 12.8 Å². The lowest BCUT2D eigenvalue weighted by Crippen LogP contribution is -2.39. The van der Waals surface area contributed by atoms with Crippen LogP contribution in [0.1, 0.15) is 34.3 Å². The summed E-state index contributed by atoms with van der Waals surface area (Å²) in [5.74, 6) is 0.473. The Balaban J connectivity index is 1.43. The first-order valence-electron chi connectivity index (χ1n) is 12.5. The molecule has 0 spiro atoms. The van der Waals surface area contributed by atoms with Crippen molar-refractivity contribution in [2.45, 2.75) is 32.7 Å². The van der Waals surface area contributed by atoms with Gasteiger partial charge < -0.3 is 9.64 Å². The Morgan fingerprint density at radius 2 is 1.82 bits per heavy atom. The predicted molar refractivity (Wildman–Crippen MR) is 149 cm³/mol. The van der Waals surface area contributed by atoms with E-state index >= 15 is 0 Å². The van der Waals surface area contributed by atoms with Crippen LogP contribution in [0, 0.1) is 13.8 Å². The Morgan fingerprint density at radius 3 is 2.50 bits per heavy atom. The van der Waals surface area contributed by atoms with Crippen LogP contribution < -0.4 is 10.1 Å². The molecule has 1 saturated carbocycles. The second kappa shape index (κ2) is 10.7. The maximum Gasteiger partial charge on any atom is 0.254 e. The highest BCUT2D eigenvalue weighted by atomic mass is 35.5. The molecule has 1 N–H and O–H groups in total. The maximum atomic E-state index is 13.3. The topological polar surface area (TPSA) is 76.5 Å². The number of carbonyl (C=O) groups is 2. The van der Waals surface area contributed by atoms with Gasteiger partial charge in [0.2, 0.25) is 11.9 Å². The van der Waals surface area contributed by atoms with Crippen LogP contribution in [-0.2, 0) is 4.79 Å². The fourth-order valence-corrected chi connectivity index (χ4v) is 4.42. The van der Waals surface area contributed by atoms with Crippen LogP contribution in [0.4, 0.5) is 5.95 Å². The molecule has 1 aliphatic rings. The van der Waals surface area contributed by atoms with Crippen LogP contribution in [0.25, 0.3) is 16.9 Å². The van der Waals surface area contributed by atoms with E-state index in [1.54, 1.807) is 36.3 Å². The van der Waals surface area contributed by atoms with E-state index in [2.05, 4.69) is 18.3 Å². The molecule has 1 aliphatic carbocycles. The van der Waals surface area contributed by atoms with Gasteiger partial charge >= 0.3 is 0 Å². The lowest BCUT2D eigenvalue weighted by molar-refractivity contribution is -0.117. The van der Waals surface area contributed by atoms with Crippen molar-refractivity contribution in [1.82, 2.24) is 14.5 Å². The fraction of sp³-hybridized carbons (Fsp3) is 0.233. The minimum atomic E-state index is -0.313. The standard InChI is InChI=1S/C30H29ClN4O3/c1-19-7-12-25(15-20(19)2)35-17-27(21-8-10-23(31)11-9-21)32-30(35)33-28(36)18-34(24-13-14-24)29(37)22-5-4-6-26(16-22)38-3/h4-12,15-17,24H,13-14,18H2,1-3H3,(H,32,33,36). The molecule has 38 heavy (non-hydrogen) atoms. The van der Waals surface area contributed by atoms with Crippen molar-refractivity contribution < 1.29 is 14.3 Å². The van der Waals surface area contributed by atoms with Crippen LogP contribution in [0.2, 0.25) is 5.02 Å². The molecule has 0 atom stereocenters. The molecule has 4 aromatic rings. The fourth-order valence-electron chi connectivity index (χ4n) is 4.29. The Kier molecular flexibility index (Phi) is 7.20. The van der Waals surface area contributed by atoms with Gasteiger partial charge in [-0.2, -0.15) is 0 Å². The van der Waals surface area contributed by atoms with E-state index in [0.717, 1.165) is 29.7 Å². The number of aromatic nitrogens is 2. The Labute approximate surface area is 227 Å². The van der Waals surface area contributed by atoms with Gasteiger partial charge in [-0.05, 0) is 80.3 Å². The molecule has 3 aromatic carbocycles. The molecule has 194 valence electrons. The summed E-state index contributed by atoms with van der Waals surface area (Å²) in [4.78, 5) is 33.0. The van der Waals surface area contributed by atoms with Crippen molar-refractivity contribution in [3.05, 3.63) is 94.6 Å². The number of benzene rings is 3. The van der Waals surface area contributed by atoms with Crippen LogP contribution in [0.3, 0.4) is 0 Å². The molecule has 1 aromatic heterocycles. The summed E-state index contributed by atoms with van der Waals surface area (Å²) in [6.07, 6.45) is 3.64. The highest BCUT2D eigenvalue weighted by molar-refractivity contribution is 6.30. The number of carbonyl (C=O) groups excluding carboxylic acids is 2. The van der Waals surface area contributed by atoms with Crippen molar-refractivity contribution in [2.75, 3.05) is 19.0 Å². The SMILES string of the molecule is COc1cccc(C(=O)N(CC(=O)Nc2nc(-c3ccc(Cl)cc3)cn2-c2ccc(C)c(C)c2)C2CC2)c1. The van der Waals surface area contributed by atoms with E-state index in [1.807, 2.05) is 54.1 Å². The number of ether oxygens (including phenoxy) is 1. The largest absolute Gasteiger partial charge is 0.497 e. The molecule has 0 unspecified atom stereocenters. The number of rotatable bonds is 8. The van der Waals surface area contributed by atoms with Gasteiger partial charge in [0.25, 0.3) is 5.91 Å². The number of anilines is 1. The zero-order valence-electron chi connectivity index (χ0n) is 21.6. The summed E-state index contributed by atoms with van der Waals surface area (Å²) in [5.41, 5.74) is 5.24. The minimum Gasteiger partial charge on any atom is -0.497 e. The summed E-state index contributed by atoms with van der Waals surface area (Å²) in [7, 11) is 1.56. The van der Waals surface area contributed by atoms with Crippen LogP contribution >= 0.6 is 11.6 Å². The number of hydrogen-bond donors (Lipinski definition) is 1. The summed E-state index contributed by atoms with van der Waals surface area (Å²) in [6.45, 7) is 4.03. The molecule has 0 saturated heterocycles. The molecule has 2 amide bonds. The second-order valence-electron chi connectivity index (χ2n) is 9.54. The monoisotopic (exact) mass is 528 g/mol. The van der Waals surface area contributed by atoms with Gasteiger partial charge in [0, 0.05) is 34.1 Å². The third kappa shape index (κ3) is 5.58. The highest BCUT2D eigenvalue weighted by Crippen LogP contribution is 2.30. The van der Waals surface area contributed by atoms with Crippen LogP contribution in [0.15, 0.2) is 72.9 Å². The first-order chi connectivity index (χ1) is 18.3. The lowest BCUT2D eigenvalue weighted by atomic mass is 10.1. The van der Waals surface area contributed by atoms with Crippen molar-refractivity contribution in [2.24, 2.45) is 0 Å². The first-order valence-corrected chi connectivity index (χ1v) is 12.9.